The molecule has 0 spiro atoms. The van der Waals surface area contributed by atoms with Crippen LogP contribution in [0.4, 0.5) is 10.5 Å². The van der Waals surface area contributed by atoms with Crippen LogP contribution in [0.2, 0.25) is 0 Å². The van der Waals surface area contributed by atoms with E-state index in [1.54, 1.807) is 7.11 Å². The molecule has 1 aromatic carbocycles. The van der Waals surface area contributed by atoms with E-state index in [1.807, 2.05) is 45.0 Å². The molecular formula is C16H22N4O2. The van der Waals surface area contributed by atoms with E-state index in [0.29, 0.717) is 11.4 Å². The van der Waals surface area contributed by atoms with Gasteiger partial charge in [-0.3, -0.25) is 5.10 Å². The first-order chi connectivity index (χ1) is 10.5. The SMILES string of the molecule is CCc1[nH]nc(-c2cccc(OC)c2)c1NC(=O)NC(C)C. The molecule has 6 nitrogen and oxygen atoms in total. The highest BCUT2D eigenvalue weighted by molar-refractivity contribution is 5.94. The molecule has 6 heteroatoms. The molecule has 2 rings (SSSR count). The summed E-state index contributed by atoms with van der Waals surface area (Å²) in [6, 6.07) is 7.42. The number of rotatable bonds is 5. The molecule has 0 aliphatic heterocycles. The molecule has 22 heavy (non-hydrogen) atoms. The van der Waals surface area contributed by atoms with Crippen molar-refractivity contribution in [1.29, 1.82) is 0 Å². The summed E-state index contributed by atoms with van der Waals surface area (Å²) in [6.45, 7) is 5.84. The summed E-state index contributed by atoms with van der Waals surface area (Å²) in [7, 11) is 1.62. The van der Waals surface area contributed by atoms with Gasteiger partial charge in [0.05, 0.1) is 18.5 Å². The maximum Gasteiger partial charge on any atom is 0.319 e. The largest absolute Gasteiger partial charge is 0.497 e. The molecule has 0 saturated carbocycles. The van der Waals surface area contributed by atoms with Crippen LogP contribution in [-0.4, -0.2) is 29.4 Å². The summed E-state index contributed by atoms with van der Waals surface area (Å²) in [6.07, 6.45) is 0.744. The number of methoxy groups -OCH3 is 1. The van der Waals surface area contributed by atoms with Crippen LogP contribution in [0.5, 0.6) is 5.75 Å². The molecule has 0 unspecified atom stereocenters. The van der Waals surface area contributed by atoms with Gasteiger partial charge in [0.15, 0.2) is 0 Å². The third kappa shape index (κ3) is 3.58. The number of aryl methyl sites for hydroxylation is 1. The van der Waals surface area contributed by atoms with Crippen LogP contribution in [0.3, 0.4) is 0 Å². The molecular weight excluding hydrogens is 280 g/mol. The zero-order chi connectivity index (χ0) is 16.1. The monoisotopic (exact) mass is 302 g/mol. The van der Waals surface area contributed by atoms with Crippen molar-refractivity contribution in [2.75, 3.05) is 12.4 Å². The molecule has 0 fully saturated rings. The van der Waals surface area contributed by atoms with Gasteiger partial charge in [-0.1, -0.05) is 19.1 Å². The minimum absolute atomic E-state index is 0.0669. The average molecular weight is 302 g/mol. The highest BCUT2D eigenvalue weighted by Gasteiger charge is 2.17. The first-order valence-electron chi connectivity index (χ1n) is 7.34. The zero-order valence-corrected chi connectivity index (χ0v) is 13.4. The van der Waals surface area contributed by atoms with E-state index >= 15 is 0 Å². The molecule has 0 aliphatic rings. The number of amides is 2. The second-order valence-corrected chi connectivity index (χ2v) is 5.26. The Morgan fingerprint density at radius 3 is 2.82 bits per heavy atom. The Kier molecular flexibility index (Phi) is 5.04. The minimum Gasteiger partial charge on any atom is -0.497 e. The van der Waals surface area contributed by atoms with Crippen LogP contribution >= 0.6 is 0 Å². The summed E-state index contributed by atoms with van der Waals surface area (Å²) in [5, 5.41) is 13.0. The number of aromatic amines is 1. The van der Waals surface area contributed by atoms with Gasteiger partial charge in [0.2, 0.25) is 0 Å². The number of carbonyl (C=O) groups excluding carboxylic acids is 1. The number of hydrogen-bond acceptors (Lipinski definition) is 3. The molecule has 2 amide bonds. The van der Waals surface area contributed by atoms with Crippen LogP contribution < -0.4 is 15.4 Å². The van der Waals surface area contributed by atoms with Crippen molar-refractivity contribution < 1.29 is 9.53 Å². The van der Waals surface area contributed by atoms with Crippen LogP contribution in [0.25, 0.3) is 11.3 Å². The number of urea groups is 1. The van der Waals surface area contributed by atoms with Crippen LogP contribution in [0.1, 0.15) is 26.5 Å². The Balaban J connectivity index is 2.35. The molecule has 3 N–H and O–H groups in total. The predicted molar refractivity (Wildman–Crippen MR) is 87.2 cm³/mol. The number of aromatic nitrogens is 2. The van der Waals surface area contributed by atoms with Crippen molar-refractivity contribution in [3.8, 4) is 17.0 Å². The van der Waals surface area contributed by atoms with E-state index in [9.17, 15) is 4.79 Å². The molecule has 1 aromatic heterocycles. The van der Waals surface area contributed by atoms with Crippen molar-refractivity contribution in [1.82, 2.24) is 15.5 Å². The van der Waals surface area contributed by atoms with E-state index in [1.165, 1.54) is 0 Å². The summed E-state index contributed by atoms with van der Waals surface area (Å²) in [5.74, 6) is 0.746. The van der Waals surface area contributed by atoms with Crippen molar-refractivity contribution in [2.24, 2.45) is 0 Å². The molecule has 0 aliphatic carbocycles. The van der Waals surface area contributed by atoms with Gasteiger partial charge in [0, 0.05) is 11.6 Å². The number of nitrogens with zero attached hydrogens (tertiary/aromatic N) is 1. The third-order valence-corrected chi connectivity index (χ3v) is 3.20. The van der Waals surface area contributed by atoms with Gasteiger partial charge in [-0.15, -0.1) is 0 Å². The molecule has 2 aromatic rings. The van der Waals surface area contributed by atoms with Crippen LogP contribution in [0.15, 0.2) is 24.3 Å². The first-order valence-corrected chi connectivity index (χ1v) is 7.34. The summed E-state index contributed by atoms with van der Waals surface area (Å²) in [4.78, 5) is 12.0. The van der Waals surface area contributed by atoms with E-state index in [0.717, 1.165) is 23.4 Å². The lowest BCUT2D eigenvalue weighted by atomic mass is 10.1. The highest BCUT2D eigenvalue weighted by atomic mass is 16.5. The highest BCUT2D eigenvalue weighted by Crippen LogP contribution is 2.31. The number of H-pyrrole nitrogens is 1. The molecule has 0 saturated heterocycles. The standard InChI is InChI=1S/C16H22N4O2/c1-5-13-15(18-16(21)17-10(2)3)14(20-19-13)11-7-6-8-12(9-11)22-4/h6-10H,5H2,1-4H3,(H,19,20)(H2,17,18,21). The molecule has 0 atom stereocenters. The second-order valence-electron chi connectivity index (χ2n) is 5.26. The van der Waals surface area contributed by atoms with Gasteiger partial charge in [-0.25, -0.2) is 4.79 Å². The van der Waals surface area contributed by atoms with Crippen molar-refractivity contribution in [2.45, 2.75) is 33.2 Å². The number of ether oxygens (including phenoxy) is 1. The lowest BCUT2D eigenvalue weighted by Gasteiger charge is -2.11. The summed E-state index contributed by atoms with van der Waals surface area (Å²) >= 11 is 0. The number of carbonyl (C=O) groups is 1. The zero-order valence-electron chi connectivity index (χ0n) is 13.4. The van der Waals surface area contributed by atoms with Gasteiger partial charge < -0.3 is 15.4 Å². The van der Waals surface area contributed by atoms with Crippen LogP contribution in [-0.2, 0) is 6.42 Å². The van der Waals surface area contributed by atoms with Gasteiger partial charge in [-0.05, 0) is 32.4 Å². The van der Waals surface area contributed by atoms with Crippen LogP contribution in [0, 0.1) is 0 Å². The molecule has 0 radical (unpaired) electrons. The Morgan fingerprint density at radius 2 is 2.18 bits per heavy atom. The third-order valence-electron chi connectivity index (χ3n) is 3.20. The first kappa shape index (κ1) is 15.9. The fourth-order valence-electron chi connectivity index (χ4n) is 2.16. The van der Waals surface area contributed by atoms with E-state index in [-0.39, 0.29) is 12.1 Å². The Hall–Kier alpha value is -2.50. The average Bonchev–Trinajstić information content (AvgIpc) is 2.89. The lowest BCUT2D eigenvalue weighted by molar-refractivity contribution is 0.250. The Labute approximate surface area is 130 Å². The maximum atomic E-state index is 12.0. The normalized spacial score (nSPS) is 10.6. The van der Waals surface area contributed by atoms with Crippen molar-refractivity contribution >= 4 is 11.7 Å². The minimum atomic E-state index is -0.241. The quantitative estimate of drug-likeness (QED) is 0.793. The van der Waals surface area contributed by atoms with Crippen molar-refractivity contribution in [3.05, 3.63) is 30.0 Å². The Bertz CT molecular complexity index is 649. The fourth-order valence-corrected chi connectivity index (χ4v) is 2.16. The van der Waals surface area contributed by atoms with Gasteiger partial charge in [0.1, 0.15) is 11.4 Å². The van der Waals surface area contributed by atoms with Gasteiger partial charge in [0.25, 0.3) is 0 Å². The molecule has 0 bridgehead atoms. The summed E-state index contributed by atoms with van der Waals surface area (Å²) in [5.41, 5.74) is 3.18. The number of nitrogens with one attached hydrogen (secondary N) is 3. The summed E-state index contributed by atoms with van der Waals surface area (Å²) < 4.78 is 5.25. The van der Waals surface area contributed by atoms with Gasteiger partial charge >= 0.3 is 6.03 Å². The maximum absolute atomic E-state index is 12.0. The number of benzene rings is 1. The van der Waals surface area contributed by atoms with E-state index in [4.69, 9.17) is 4.74 Å². The van der Waals surface area contributed by atoms with E-state index in [2.05, 4.69) is 20.8 Å². The Morgan fingerprint density at radius 1 is 1.41 bits per heavy atom. The topological polar surface area (TPSA) is 79.0 Å². The molecule has 118 valence electrons. The number of hydrogen-bond donors (Lipinski definition) is 3. The van der Waals surface area contributed by atoms with Gasteiger partial charge in [-0.2, -0.15) is 5.10 Å². The van der Waals surface area contributed by atoms with E-state index < -0.39 is 0 Å². The second kappa shape index (κ2) is 6.98. The molecule has 1 heterocycles. The van der Waals surface area contributed by atoms with Crippen molar-refractivity contribution in [3.63, 3.8) is 0 Å². The lowest BCUT2D eigenvalue weighted by Crippen LogP contribution is -2.34. The number of anilines is 1. The fraction of sp³-hybridized carbons (Fsp3) is 0.375. The smallest absolute Gasteiger partial charge is 0.319 e. The predicted octanol–water partition coefficient (Wildman–Crippen LogP) is 3.18.